The van der Waals surface area contributed by atoms with Crippen molar-refractivity contribution in [1.82, 2.24) is 0 Å². The molecule has 5 unspecified atom stereocenters. The number of carbonyl (C=O) groups excluding carboxylic acids is 4. The number of ether oxygens (including phenoxy) is 4. The minimum atomic E-state index is -5.00. The second-order valence-corrected chi connectivity index (χ2v) is 29.1. The van der Waals surface area contributed by atoms with Gasteiger partial charge in [-0.05, 0) is 128 Å². The van der Waals surface area contributed by atoms with E-state index in [1.54, 1.807) is 0 Å². The van der Waals surface area contributed by atoms with Gasteiger partial charge in [-0.3, -0.25) is 37.3 Å². The van der Waals surface area contributed by atoms with E-state index in [9.17, 15) is 43.2 Å². The number of hydrogen-bond acceptors (Lipinski definition) is 15. The molecular formula is C85H142O17P2. The molecule has 0 aliphatic rings. The molecule has 0 fully saturated rings. The topological polar surface area (TPSA) is 237 Å². The van der Waals surface area contributed by atoms with Crippen LogP contribution in [0.4, 0.5) is 0 Å². The molecule has 0 aromatic rings. The summed E-state index contributed by atoms with van der Waals surface area (Å²) in [4.78, 5) is 73.0. The molecule has 19 heteroatoms. The SMILES string of the molecule is CC/C=C\C/C=C\C/C=C\C/C=C\C/C=C\C/C=C\CCC(=O)OCC(COP(=O)(O)OCC(O)COP(=O)(O)OCC(COC(=O)CCCCCCC/C=C\C/C=C\C/C=C\CC)OC(=O)CCCCCCC/C=C\C/C=C\C/C=C\CC)OC(=O)CCCCCCCCCCCCCCCCC. The first-order valence-electron chi connectivity index (χ1n) is 40.1. The van der Waals surface area contributed by atoms with Crippen molar-refractivity contribution in [3.63, 3.8) is 0 Å². The Morgan fingerprint density at radius 2 is 0.519 bits per heavy atom. The number of rotatable bonds is 74. The number of esters is 4. The molecule has 0 heterocycles. The first kappa shape index (κ1) is 98.9. The molecule has 0 radical (unpaired) electrons. The van der Waals surface area contributed by atoms with Gasteiger partial charge in [-0.2, -0.15) is 0 Å². The monoisotopic (exact) mass is 1500 g/mol. The van der Waals surface area contributed by atoms with Gasteiger partial charge in [0.05, 0.1) is 26.4 Å². The highest BCUT2D eigenvalue weighted by Gasteiger charge is 2.30. The van der Waals surface area contributed by atoms with Gasteiger partial charge >= 0.3 is 39.5 Å². The fourth-order valence-electron chi connectivity index (χ4n) is 10.3. The van der Waals surface area contributed by atoms with Gasteiger partial charge in [0.25, 0.3) is 0 Å². The lowest BCUT2D eigenvalue weighted by atomic mass is 10.0. The van der Waals surface area contributed by atoms with Gasteiger partial charge in [0.1, 0.15) is 19.3 Å². The van der Waals surface area contributed by atoms with Crippen LogP contribution in [0, 0.1) is 0 Å². The van der Waals surface area contributed by atoms with E-state index in [-0.39, 0.29) is 25.7 Å². The van der Waals surface area contributed by atoms with Gasteiger partial charge in [-0.1, -0.05) is 302 Å². The van der Waals surface area contributed by atoms with E-state index >= 15 is 0 Å². The first-order chi connectivity index (χ1) is 50.7. The fourth-order valence-corrected chi connectivity index (χ4v) is 11.9. The maximum atomic E-state index is 13.1. The largest absolute Gasteiger partial charge is 0.472 e. The van der Waals surface area contributed by atoms with E-state index in [1.165, 1.54) is 64.2 Å². The van der Waals surface area contributed by atoms with Crippen LogP contribution in [0.3, 0.4) is 0 Å². The molecule has 594 valence electrons. The summed E-state index contributed by atoms with van der Waals surface area (Å²) in [7, 11) is -9.99. The van der Waals surface area contributed by atoms with Gasteiger partial charge < -0.3 is 33.8 Å². The maximum Gasteiger partial charge on any atom is 0.472 e. The third kappa shape index (κ3) is 75.2. The Labute approximate surface area is 630 Å². The summed E-state index contributed by atoms with van der Waals surface area (Å²) in [5, 5.41) is 10.6. The Kier molecular flexibility index (Phi) is 72.4. The van der Waals surface area contributed by atoms with Crippen LogP contribution in [-0.4, -0.2) is 96.7 Å². The lowest BCUT2D eigenvalue weighted by molar-refractivity contribution is -0.161. The molecule has 104 heavy (non-hydrogen) atoms. The number of hydrogen-bond donors (Lipinski definition) is 3. The van der Waals surface area contributed by atoms with Crippen molar-refractivity contribution in [3.8, 4) is 0 Å². The molecule has 3 N–H and O–H groups in total. The Morgan fingerprint density at radius 1 is 0.279 bits per heavy atom. The van der Waals surface area contributed by atoms with Crippen LogP contribution in [-0.2, 0) is 65.4 Å². The van der Waals surface area contributed by atoms with E-state index in [2.05, 4.69) is 155 Å². The molecule has 0 saturated heterocycles. The number of phosphoric acid groups is 2. The summed E-state index contributed by atoms with van der Waals surface area (Å²) in [6, 6.07) is 0. The normalized spacial score (nSPS) is 14.6. The zero-order valence-electron chi connectivity index (χ0n) is 64.9. The number of carbonyl (C=O) groups is 4. The van der Waals surface area contributed by atoms with Crippen LogP contribution < -0.4 is 0 Å². The zero-order chi connectivity index (χ0) is 76.0. The summed E-state index contributed by atoms with van der Waals surface area (Å²) in [6.45, 7) is 4.43. The lowest BCUT2D eigenvalue weighted by Gasteiger charge is -2.21. The third-order valence-corrected chi connectivity index (χ3v) is 18.2. The molecular weight excluding hydrogens is 1350 g/mol. The van der Waals surface area contributed by atoms with E-state index in [4.69, 9.17) is 37.0 Å². The van der Waals surface area contributed by atoms with Gasteiger partial charge in [-0.25, -0.2) is 9.13 Å². The fraction of sp³-hybridized carbons (Fsp3) is 0.671. The van der Waals surface area contributed by atoms with Crippen LogP contribution in [0.2, 0.25) is 0 Å². The molecule has 0 aliphatic heterocycles. The Morgan fingerprint density at radius 3 is 0.827 bits per heavy atom. The zero-order valence-corrected chi connectivity index (χ0v) is 66.7. The van der Waals surface area contributed by atoms with Crippen LogP contribution in [0.15, 0.2) is 146 Å². The summed E-state index contributed by atoms with van der Waals surface area (Å²) in [5.74, 6) is -2.31. The second kappa shape index (κ2) is 76.1. The predicted molar refractivity (Wildman–Crippen MR) is 427 cm³/mol. The van der Waals surface area contributed by atoms with Crippen LogP contribution >= 0.6 is 15.6 Å². The standard InChI is InChI=1S/C85H142O17P2/c1-5-9-13-17-21-25-29-33-37-38-39-40-44-46-50-54-58-62-66-70-83(88)96-76-81(102-85(90)72-68-64-60-56-52-48-43-36-32-28-24-20-16-12-8-4)78-100-104(93,94)98-74-79(86)73-97-103(91,92)99-77-80(101-84(89)71-67-63-59-55-51-47-42-35-31-27-23-19-15-11-7-3)75-95-82(87)69-65-61-57-53-49-45-41-34-30-26-22-18-14-10-6-2/h9-11,13-15,21-23,25-27,33-35,37,39-42,46,50,58,62,79-81,86H,5-8,12,16-20,24,28-32,36,38,43-45,47-49,51-57,59-61,63-78H2,1-4H3,(H,91,92)(H,93,94)/b13-9-,14-10-,15-11-,25-21-,26-22-,27-23-,37-33-,40-39-,41-34-,42-35-,50-46-,62-58-. The van der Waals surface area contributed by atoms with Crippen LogP contribution in [0.1, 0.15) is 310 Å². The molecule has 0 aliphatic carbocycles. The smallest absolute Gasteiger partial charge is 0.462 e. The highest BCUT2D eigenvalue weighted by atomic mass is 31.2. The maximum absolute atomic E-state index is 13.1. The molecule has 0 bridgehead atoms. The molecule has 0 aromatic carbocycles. The molecule has 0 saturated carbocycles. The number of allylic oxidation sites excluding steroid dienone is 24. The summed E-state index contributed by atoms with van der Waals surface area (Å²) < 4.78 is 68.5. The van der Waals surface area contributed by atoms with E-state index in [1.807, 2.05) is 18.2 Å². The number of phosphoric ester groups is 2. The first-order valence-corrected chi connectivity index (χ1v) is 43.1. The predicted octanol–water partition coefficient (Wildman–Crippen LogP) is 23.4. The van der Waals surface area contributed by atoms with E-state index < -0.39 is 97.5 Å². The highest BCUT2D eigenvalue weighted by molar-refractivity contribution is 7.47. The molecule has 0 spiro atoms. The van der Waals surface area contributed by atoms with Crippen molar-refractivity contribution in [2.24, 2.45) is 0 Å². The van der Waals surface area contributed by atoms with Crippen LogP contribution in [0.5, 0.6) is 0 Å². The average Bonchev–Trinajstić information content (AvgIpc) is 0.918. The minimum absolute atomic E-state index is 0.0342. The quantitative estimate of drug-likeness (QED) is 0.0169. The summed E-state index contributed by atoms with van der Waals surface area (Å²) in [5.41, 5.74) is 0. The number of unbranched alkanes of at least 4 members (excludes halogenated alkanes) is 24. The van der Waals surface area contributed by atoms with Crippen molar-refractivity contribution in [2.45, 2.75) is 329 Å². The minimum Gasteiger partial charge on any atom is -0.462 e. The van der Waals surface area contributed by atoms with Crippen molar-refractivity contribution in [3.05, 3.63) is 146 Å². The molecule has 0 amide bonds. The van der Waals surface area contributed by atoms with Crippen molar-refractivity contribution < 1.29 is 80.2 Å². The van der Waals surface area contributed by atoms with Crippen molar-refractivity contribution in [1.29, 1.82) is 0 Å². The van der Waals surface area contributed by atoms with Gasteiger partial charge in [-0.15, -0.1) is 0 Å². The third-order valence-electron chi connectivity index (χ3n) is 16.3. The average molecular weight is 1500 g/mol. The van der Waals surface area contributed by atoms with Gasteiger partial charge in [0, 0.05) is 25.7 Å². The highest BCUT2D eigenvalue weighted by Crippen LogP contribution is 2.45. The summed E-state index contributed by atoms with van der Waals surface area (Å²) >= 11 is 0. The molecule has 17 nitrogen and oxygen atoms in total. The van der Waals surface area contributed by atoms with Gasteiger partial charge in [0.2, 0.25) is 0 Å². The molecule has 0 rings (SSSR count). The number of aliphatic hydroxyl groups excluding tert-OH is 1. The van der Waals surface area contributed by atoms with Crippen molar-refractivity contribution in [2.75, 3.05) is 39.6 Å². The van der Waals surface area contributed by atoms with Crippen molar-refractivity contribution >= 4 is 39.5 Å². The Hall–Kier alpha value is -5.06. The Balaban J connectivity index is 5.45. The Bertz CT molecular complexity index is 2540. The van der Waals surface area contributed by atoms with Gasteiger partial charge in [0.15, 0.2) is 12.2 Å². The second-order valence-electron chi connectivity index (χ2n) is 26.2. The van der Waals surface area contributed by atoms with E-state index in [0.29, 0.717) is 32.1 Å². The molecule has 5 atom stereocenters. The molecule has 0 aromatic heterocycles. The van der Waals surface area contributed by atoms with Crippen LogP contribution in [0.25, 0.3) is 0 Å². The lowest BCUT2D eigenvalue weighted by Crippen LogP contribution is -2.30. The van der Waals surface area contributed by atoms with E-state index in [0.717, 1.165) is 161 Å². The number of aliphatic hydroxyl groups is 1. The summed E-state index contributed by atoms with van der Waals surface area (Å²) in [6.07, 6.45) is 87.0.